The molecule has 5 heteroatoms. The third kappa shape index (κ3) is 4.36. The molecule has 0 aliphatic heterocycles. The monoisotopic (exact) mass is 348 g/mol. The summed E-state index contributed by atoms with van der Waals surface area (Å²) in [7, 11) is 0. The Kier molecular flexibility index (Phi) is 5.46. The van der Waals surface area contributed by atoms with E-state index in [2.05, 4.69) is 60.7 Å². The maximum absolute atomic E-state index is 12.3. The maximum Gasteiger partial charge on any atom is 0.224 e. The van der Waals surface area contributed by atoms with Crippen LogP contribution in [-0.2, 0) is 11.2 Å². The lowest BCUT2D eigenvalue weighted by Crippen LogP contribution is -2.13. The van der Waals surface area contributed by atoms with Gasteiger partial charge in [0.25, 0.3) is 0 Å². The van der Waals surface area contributed by atoms with Crippen LogP contribution in [0.1, 0.15) is 43.0 Å². The fourth-order valence-electron chi connectivity index (χ4n) is 2.79. The third-order valence-electron chi connectivity index (χ3n) is 4.30. The molecule has 0 aliphatic carbocycles. The Morgan fingerprint density at radius 2 is 1.92 bits per heavy atom. The van der Waals surface area contributed by atoms with Crippen LogP contribution in [0.15, 0.2) is 54.7 Å². The van der Waals surface area contributed by atoms with Crippen molar-refractivity contribution in [3.63, 3.8) is 0 Å². The van der Waals surface area contributed by atoms with Crippen LogP contribution in [-0.4, -0.2) is 20.9 Å². The van der Waals surface area contributed by atoms with Crippen LogP contribution in [0.4, 0.5) is 5.69 Å². The molecule has 1 N–H and O–H groups in total. The first-order valence-electron chi connectivity index (χ1n) is 8.89. The zero-order valence-electron chi connectivity index (χ0n) is 15.4. The summed E-state index contributed by atoms with van der Waals surface area (Å²) < 4.78 is 1.81. The van der Waals surface area contributed by atoms with Gasteiger partial charge in [-0.1, -0.05) is 55.0 Å². The number of aryl methyl sites for hydroxylation is 2. The van der Waals surface area contributed by atoms with Crippen molar-refractivity contribution in [2.75, 3.05) is 5.32 Å². The van der Waals surface area contributed by atoms with E-state index in [0.29, 0.717) is 12.3 Å². The molecule has 3 aromatic rings. The van der Waals surface area contributed by atoms with E-state index in [9.17, 15) is 4.79 Å². The number of hydrogen-bond donors (Lipinski definition) is 1. The molecule has 3 rings (SSSR count). The first kappa shape index (κ1) is 17.9. The van der Waals surface area contributed by atoms with Crippen LogP contribution in [0, 0.1) is 6.92 Å². The van der Waals surface area contributed by atoms with Gasteiger partial charge in [-0.3, -0.25) is 4.79 Å². The van der Waals surface area contributed by atoms with Crippen molar-refractivity contribution in [2.45, 2.75) is 39.5 Å². The Morgan fingerprint density at radius 1 is 1.15 bits per heavy atom. The summed E-state index contributed by atoms with van der Waals surface area (Å²) in [6, 6.07) is 16.0. The number of nitrogens with zero attached hydrogens (tertiary/aromatic N) is 3. The van der Waals surface area contributed by atoms with Gasteiger partial charge in [0, 0.05) is 12.1 Å². The Morgan fingerprint density at radius 3 is 2.65 bits per heavy atom. The molecule has 1 aromatic heterocycles. The molecular weight excluding hydrogens is 324 g/mol. The second kappa shape index (κ2) is 7.95. The molecule has 0 saturated heterocycles. The molecule has 0 saturated carbocycles. The Bertz CT molecular complexity index is 881. The highest BCUT2D eigenvalue weighted by molar-refractivity contribution is 5.91. The lowest BCUT2D eigenvalue weighted by Gasteiger charge is -2.11. The molecule has 26 heavy (non-hydrogen) atoms. The number of rotatable bonds is 6. The van der Waals surface area contributed by atoms with Crippen molar-refractivity contribution in [1.82, 2.24) is 15.0 Å². The van der Waals surface area contributed by atoms with E-state index in [0.717, 1.165) is 23.5 Å². The molecular formula is C21H24N4O. The zero-order valence-corrected chi connectivity index (χ0v) is 15.4. The third-order valence-corrected chi connectivity index (χ3v) is 4.30. The highest BCUT2D eigenvalue weighted by Gasteiger charge is 2.11. The number of anilines is 1. The largest absolute Gasteiger partial charge is 0.326 e. The number of carbonyl (C=O) groups excluding carboxylic acids is 1. The molecule has 0 aliphatic rings. The molecule has 0 radical (unpaired) electrons. The molecule has 0 fully saturated rings. The molecule has 5 nitrogen and oxygen atoms in total. The topological polar surface area (TPSA) is 59.8 Å². The SMILES string of the molecule is Cc1ccc(CCC(=O)Nc2cccc(-n3nncc3C(C)C)c2)cc1. The summed E-state index contributed by atoms with van der Waals surface area (Å²) in [6.07, 6.45) is 2.96. The summed E-state index contributed by atoms with van der Waals surface area (Å²) >= 11 is 0. The summed E-state index contributed by atoms with van der Waals surface area (Å²) in [5.74, 6) is 0.322. The zero-order chi connectivity index (χ0) is 18.5. The second-order valence-electron chi connectivity index (χ2n) is 6.81. The lowest BCUT2D eigenvalue weighted by atomic mass is 10.1. The molecule has 1 heterocycles. The van der Waals surface area contributed by atoms with Crippen molar-refractivity contribution in [2.24, 2.45) is 0 Å². The van der Waals surface area contributed by atoms with Crippen molar-refractivity contribution in [3.8, 4) is 5.69 Å². The predicted molar refractivity (Wildman–Crippen MR) is 104 cm³/mol. The van der Waals surface area contributed by atoms with Gasteiger partial charge in [-0.15, -0.1) is 5.10 Å². The number of hydrogen-bond acceptors (Lipinski definition) is 3. The number of aromatic nitrogens is 3. The van der Waals surface area contributed by atoms with Gasteiger partial charge in [0.05, 0.1) is 17.6 Å². The lowest BCUT2D eigenvalue weighted by molar-refractivity contribution is -0.116. The van der Waals surface area contributed by atoms with Crippen LogP contribution in [0.2, 0.25) is 0 Å². The first-order chi connectivity index (χ1) is 12.5. The summed E-state index contributed by atoms with van der Waals surface area (Å²) in [5.41, 5.74) is 5.09. The van der Waals surface area contributed by atoms with E-state index in [4.69, 9.17) is 0 Å². The maximum atomic E-state index is 12.3. The predicted octanol–water partition coefficient (Wildman–Crippen LogP) is 4.27. The van der Waals surface area contributed by atoms with Crippen LogP contribution in [0.25, 0.3) is 5.69 Å². The molecule has 2 aromatic carbocycles. The fraction of sp³-hybridized carbons (Fsp3) is 0.286. The highest BCUT2D eigenvalue weighted by atomic mass is 16.1. The van der Waals surface area contributed by atoms with E-state index in [1.165, 1.54) is 11.1 Å². The van der Waals surface area contributed by atoms with Gasteiger partial charge in [-0.2, -0.15) is 0 Å². The molecule has 0 unspecified atom stereocenters. The fourth-order valence-corrected chi connectivity index (χ4v) is 2.79. The Balaban J connectivity index is 1.65. The van der Waals surface area contributed by atoms with Gasteiger partial charge < -0.3 is 5.32 Å². The van der Waals surface area contributed by atoms with E-state index in [-0.39, 0.29) is 5.91 Å². The van der Waals surface area contributed by atoms with E-state index < -0.39 is 0 Å². The van der Waals surface area contributed by atoms with E-state index in [1.807, 2.05) is 28.9 Å². The van der Waals surface area contributed by atoms with E-state index in [1.54, 1.807) is 6.20 Å². The molecule has 134 valence electrons. The highest BCUT2D eigenvalue weighted by Crippen LogP contribution is 2.20. The standard InChI is InChI=1S/C21H24N4O/c1-15(2)20-14-22-24-25(20)19-6-4-5-18(13-19)23-21(26)12-11-17-9-7-16(3)8-10-17/h4-10,13-15H,11-12H2,1-3H3,(H,23,26). The normalized spacial score (nSPS) is 10.9. The van der Waals surface area contributed by atoms with Gasteiger partial charge in [0.2, 0.25) is 5.91 Å². The summed E-state index contributed by atoms with van der Waals surface area (Å²) in [5, 5.41) is 11.1. The van der Waals surface area contributed by atoms with Gasteiger partial charge in [-0.05, 0) is 43.0 Å². The Hall–Kier alpha value is -2.95. The second-order valence-corrected chi connectivity index (χ2v) is 6.81. The molecule has 0 spiro atoms. The van der Waals surface area contributed by atoms with Crippen molar-refractivity contribution >= 4 is 11.6 Å². The number of carbonyl (C=O) groups is 1. The van der Waals surface area contributed by atoms with Crippen LogP contribution in [0.3, 0.4) is 0 Å². The van der Waals surface area contributed by atoms with Gasteiger partial charge in [0.15, 0.2) is 0 Å². The molecule has 0 bridgehead atoms. The smallest absolute Gasteiger partial charge is 0.224 e. The van der Waals surface area contributed by atoms with Crippen LogP contribution >= 0.6 is 0 Å². The van der Waals surface area contributed by atoms with Crippen LogP contribution < -0.4 is 5.32 Å². The first-order valence-corrected chi connectivity index (χ1v) is 8.89. The quantitative estimate of drug-likeness (QED) is 0.724. The Labute approximate surface area is 154 Å². The van der Waals surface area contributed by atoms with Crippen molar-refractivity contribution < 1.29 is 4.79 Å². The van der Waals surface area contributed by atoms with Crippen molar-refractivity contribution in [1.29, 1.82) is 0 Å². The average molecular weight is 348 g/mol. The van der Waals surface area contributed by atoms with Crippen LogP contribution in [0.5, 0.6) is 0 Å². The number of nitrogens with one attached hydrogen (secondary N) is 1. The van der Waals surface area contributed by atoms with Crippen molar-refractivity contribution in [3.05, 3.63) is 71.5 Å². The van der Waals surface area contributed by atoms with Gasteiger partial charge in [-0.25, -0.2) is 4.68 Å². The average Bonchev–Trinajstić information content (AvgIpc) is 3.12. The van der Waals surface area contributed by atoms with Gasteiger partial charge >= 0.3 is 0 Å². The number of benzene rings is 2. The minimum atomic E-state index is 0.00500. The minimum absolute atomic E-state index is 0.00500. The van der Waals surface area contributed by atoms with Gasteiger partial charge in [0.1, 0.15) is 0 Å². The molecule has 0 atom stereocenters. The van der Waals surface area contributed by atoms with E-state index >= 15 is 0 Å². The summed E-state index contributed by atoms with van der Waals surface area (Å²) in [4.78, 5) is 12.3. The number of amides is 1. The minimum Gasteiger partial charge on any atom is -0.326 e. The molecule has 1 amide bonds. The summed E-state index contributed by atoms with van der Waals surface area (Å²) in [6.45, 7) is 6.26.